The van der Waals surface area contributed by atoms with E-state index in [4.69, 9.17) is 34.8 Å². The number of nitrogens with zero attached hydrogens (tertiary/aromatic N) is 2. The molecule has 0 aliphatic heterocycles. The van der Waals surface area contributed by atoms with E-state index in [2.05, 4.69) is 38.2 Å². The molecule has 1 aromatic heterocycles. The van der Waals surface area contributed by atoms with Crippen molar-refractivity contribution in [2.24, 2.45) is 0 Å². The fraction of sp³-hybridized carbons (Fsp3) is 0.136. The van der Waals surface area contributed by atoms with Crippen LogP contribution in [0.15, 0.2) is 64.3 Å². The lowest BCUT2D eigenvalue weighted by Gasteiger charge is -2.16. The first-order valence-corrected chi connectivity index (χ1v) is 11.3. The summed E-state index contributed by atoms with van der Waals surface area (Å²) in [6.45, 7) is 7.56. The second kappa shape index (κ2) is 10.1. The Morgan fingerprint density at radius 1 is 1.16 bits per heavy atom. The topological polar surface area (TPSA) is 76.0 Å². The lowest BCUT2D eigenvalue weighted by molar-refractivity contribution is 0.0944. The molecule has 2 amide bonds. The van der Waals surface area contributed by atoms with Crippen LogP contribution in [0.4, 0.5) is 5.69 Å². The van der Waals surface area contributed by atoms with Crippen molar-refractivity contribution in [3.63, 3.8) is 0 Å². The Morgan fingerprint density at radius 3 is 2.56 bits per heavy atom. The van der Waals surface area contributed by atoms with Gasteiger partial charge in [-0.15, -0.1) is 0 Å². The van der Waals surface area contributed by atoms with Crippen molar-refractivity contribution in [2.45, 2.75) is 19.9 Å². The molecule has 0 saturated carbocycles. The second-order valence-corrected chi connectivity index (χ2v) is 9.20. The minimum Gasteiger partial charge on any atom is -0.350 e. The SMILES string of the molecule is C=C1C=CC=C(Cl)C(n2nc(Br)cc2C(=O)Nc2c(Cl)cc(Cl)cc2C(=O)NC(C)C)=C1. The number of anilines is 1. The van der Waals surface area contributed by atoms with Crippen LogP contribution in [0, 0.1) is 0 Å². The molecule has 0 bridgehead atoms. The third-order valence-corrected chi connectivity index (χ3v) is 5.44. The molecule has 2 aromatic rings. The average Bonchev–Trinajstić information content (AvgIpc) is 2.99. The highest BCUT2D eigenvalue weighted by atomic mass is 79.9. The summed E-state index contributed by atoms with van der Waals surface area (Å²) in [5.74, 6) is -0.978. The Bertz CT molecular complexity index is 1210. The highest BCUT2D eigenvalue weighted by Gasteiger charge is 2.23. The summed E-state index contributed by atoms with van der Waals surface area (Å²) in [6.07, 6.45) is 6.91. The minimum atomic E-state index is -0.556. The summed E-state index contributed by atoms with van der Waals surface area (Å²) < 4.78 is 1.80. The normalized spacial score (nSPS) is 13.5. The first-order valence-electron chi connectivity index (χ1n) is 9.39. The van der Waals surface area contributed by atoms with Crippen LogP contribution >= 0.6 is 50.7 Å². The van der Waals surface area contributed by atoms with Crippen LogP contribution in [0.2, 0.25) is 10.0 Å². The number of amides is 2. The van der Waals surface area contributed by atoms with Gasteiger partial charge in [0.1, 0.15) is 10.3 Å². The molecule has 0 unspecified atom stereocenters. The van der Waals surface area contributed by atoms with E-state index in [1.807, 2.05) is 13.8 Å². The molecule has 1 aliphatic carbocycles. The zero-order valence-electron chi connectivity index (χ0n) is 17.0. The van der Waals surface area contributed by atoms with Gasteiger partial charge >= 0.3 is 0 Å². The van der Waals surface area contributed by atoms with Gasteiger partial charge in [-0.1, -0.05) is 53.5 Å². The number of benzene rings is 1. The number of aromatic nitrogens is 2. The average molecular weight is 557 g/mol. The van der Waals surface area contributed by atoms with Gasteiger partial charge in [0.15, 0.2) is 0 Å². The van der Waals surface area contributed by atoms with E-state index >= 15 is 0 Å². The third-order valence-electron chi connectivity index (χ3n) is 4.22. The summed E-state index contributed by atoms with van der Waals surface area (Å²) in [5.41, 5.74) is 1.56. The molecule has 0 atom stereocenters. The molecule has 32 heavy (non-hydrogen) atoms. The fourth-order valence-electron chi connectivity index (χ4n) is 2.89. The van der Waals surface area contributed by atoms with Gasteiger partial charge in [-0.25, -0.2) is 4.68 Å². The molecular formula is C22H18BrCl3N4O2. The van der Waals surface area contributed by atoms with Crippen molar-refractivity contribution in [3.05, 3.63) is 85.6 Å². The maximum absolute atomic E-state index is 13.3. The van der Waals surface area contributed by atoms with Crippen molar-refractivity contribution in [2.75, 3.05) is 5.32 Å². The summed E-state index contributed by atoms with van der Waals surface area (Å²) >= 11 is 22.1. The monoisotopic (exact) mass is 554 g/mol. The fourth-order valence-corrected chi connectivity index (χ4v) is 4.01. The molecule has 1 aliphatic rings. The van der Waals surface area contributed by atoms with Crippen molar-refractivity contribution >= 4 is 73.9 Å². The van der Waals surface area contributed by atoms with Gasteiger partial charge in [0.25, 0.3) is 11.8 Å². The first kappa shape index (κ1) is 24.3. The van der Waals surface area contributed by atoms with Crippen molar-refractivity contribution in [1.29, 1.82) is 0 Å². The molecule has 6 nitrogen and oxygen atoms in total. The first-order chi connectivity index (χ1) is 15.1. The molecule has 1 heterocycles. The number of nitrogens with one attached hydrogen (secondary N) is 2. The minimum absolute atomic E-state index is 0.120. The highest BCUT2D eigenvalue weighted by Crippen LogP contribution is 2.32. The Balaban J connectivity index is 2.03. The number of halogens is 4. The van der Waals surface area contributed by atoms with Gasteiger partial charge in [0.05, 0.1) is 27.0 Å². The van der Waals surface area contributed by atoms with E-state index in [0.29, 0.717) is 20.9 Å². The second-order valence-electron chi connectivity index (χ2n) is 7.13. The van der Waals surface area contributed by atoms with E-state index < -0.39 is 11.8 Å². The van der Waals surface area contributed by atoms with Crippen molar-refractivity contribution in [3.8, 4) is 0 Å². The quantitative estimate of drug-likeness (QED) is 0.446. The maximum Gasteiger partial charge on any atom is 0.274 e. The summed E-state index contributed by atoms with van der Waals surface area (Å²) in [6, 6.07) is 4.29. The largest absolute Gasteiger partial charge is 0.350 e. The number of hydrogen-bond donors (Lipinski definition) is 2. The van der Waals surface area contributed by atoms with Gasteiger partial charge in [0, 0.05) is 17.1 Å². The molecule has 3 rings (SSSR count). The van der Waals surface area contributed by atoms with E-state index in [0.717, 1.165) is 0 Å². The Hall–Kier alpha value is -2.32. The van der Waals surface area contributed by atoms with Crippen LogP contribution < -0.4 is 10.6 Å². The number of rotatable bonds is 5. The Labute approximate surface area is 208 Å². The van der Waals surface area contributed by atoms with E-state index in [-0.39, 0.29) is 33.0 Å². The third kappa shape index (κ3) is 5.53. The van der Waals surface area contributed by atoms with E-state index in [1.165, 1.54) is 22.9 Å². The number of hydrogen-bond acceptors (Lipinski definition) is 3. The number of allylic oxidation sites excluding steroid dienone is 7. The molecule has 0 radical (unpaired) electrons. The van der Waals surface area contributed by atoms with E-state index in [9.17, 15) is 9.59 Å². The lowest BCUT2D eigenvalue weighted by Crippen LogP contribution is -2.31. The summed E-state index contributed by atoms with van der Waals surface area (Å²) in [4.78, 5) is 25.9. The molecule has 0 fully saturated rings. The van der Waals surface area contributed by atoms with Gasteiger partial charge in [-0.3, -0.25) is 9.59 Å². The molecule has 166 valence electrons. The van der Waals surface area contributed by atoms with Crippen LogP contribution in [-0.2, 0) is 0 Å². The predicted octanol–water partition coefficient (Wildman–Crippen LogP) is 6.43. The molecule has 0 spiro atoms. The summed E-state index contributed by atoms with van der Waals surface area (Å²) in [5, 5.41) is 10.6. The zero-order valence-corrected chi connectivity index (χ0v) is 20.9. The highest BCUT2D eigenvalue weighted by molar-refractivity contribution is 9.10. The number of carbonyl (C=O) groups excluding carboxylic acids is 2. The van der Waals surface area contributed by atoms with Crippen molar-refractivity contribution < 1.29 is 9.59 Å². The zero-order chi connectivity index (χ0) is 23.6. The lowest BCUT2D eigenvalue weighted by atomic mass is 10.1. The van der Waals surface area contributed by atoms with Crippen LogP contribution in [0.5, 0.6) is 0 Å². The van der Waals surface area contributed by atoms with Gasteiger partial charge in [0.2, 0.25) is 0 Å². The molecular weight excluding hydrogens is 539 g/mol. The smallest absolute Gasteiger partial charge is 0.274 e. The van der Waals surface area contributed by atoms with Crippen LogP contribution in [0.1, 0.15) is 34.7 Å². The van der Waals surface area contributed by atoms with Gasteiger partial charge in [-0.05, 0) is 59.6 Å². The van der Waals surface area contributed by atoms with Gasteiger partial charge < -0.3 is 10.6 Å². The Kier molecular flexibility index (Phi) is 7.67. The van der Waals surface area contributed by atoms with Crippen LogP contribution in [0.3, 0.4) is 0 Å². The molecule has 0 saturated heterocycles. The molecule has 10 heteroatoms. The van der Waals surface area contributed by atoms with Gasteiger partial charge in [-0.2, -0.15) is 5.10 Å². The summed E-state index contributed by atoms with van der Waals surface area (Å²) in [7, 11) is 0. The number of carbonyl (C=O) groups is 2. The van der Waals surface area contributed by atoms with Crippen molar-refractivity contribution in [1.82, 2.24) is 15.1 Å². The Morgan fingerprint density at radius 2 is 1.88 bits per heavy atom. The molecule has 2 N–H and O–H groups in total. The molecule has 1 aromatic carbocycles. The van der Waals surface area contributed by atoms with Crippen LogP contribution in [0.25, 0.3) is 5.70 Å². The maximum atomic E-state index is 13.3. The van der Waals surface area contributed by atoms with E-state index in [1.54, 1.807) is 24.3 Å². The standard InChI is InChI=1S/C22H18BrCl3N4O2/c1-11(2)27-21(31)14-8-13(24)9-16(26)20(14)28-22(32)18-10-19(23)29-30(18)17-7-12(3)5-4-6-15(17)25/h4-11H,3H2,1-2H3,(H,27,31)(H,28,32). The van der Waals surface area contributed by atoms with Crippen LogP contribution in [-0.4, -0.2) is 27.6 Å². The predicted molar refractivity (Wildman–Crippen MR) is 133 cm³/mol.